The van der Waals surface area contributed by atoms with Crippen LogP contribution in [-0.4, -0.2) is 18.1 Å². The lowest BCUT2D eigenvalue weighted by Crippen LogP contribution is -2.26. The lowest BCUT2D eigenvalue weighted by Gasteiger charge is -2.26. The molecule has 0 aliphatic carbocycles. The number of alkyl halides is 3. The zero-order valence-corrected chi connectivity index (χ0v) is 11.9. The van der Waals surface area contributed by atoms with Crippen LogP contribution in [-0.2, 0) is 12.6 Å². The Morgan fingerprint density at radius 2 is 2.00 bits per heavy atom. The van der Waals surface area contributed by atoms with Gasteiger partial charge in [-0.3, -0.25) is 4.98 Å². The van der Waals surface area contributed by atoms with Crippen LogP contribution in [0.5, 0.6) is 0 Å². The highest BCUT2D eigenvalue weighted by molar-refractivity contribution is 5.65. The smallest absolute Gasteiger partial charge is 0.370 e. The molecule has 22 heavy (non-hydrogen) atoms. The first kappa shape index (κ1) is 13.6. The SMILES string of the molecule is FC(F)(F)c1cccc(-c2ccc3c(n2)C[C@H]2CCN3C2)c1. The Bertz CT molecular complexity index is 724. The molecule has 1 aromatic carbocycles. The molecule has 2 aromatic rings. The van der Waals surface area contributed by atoms with Gasteiger partial charge in [-0.15, -0.1) is 0 Å². The first-order valence-corrected chi connectivity index (χ1v) is 7.43. The second-order valence-corrected chi connectivity index (χ2v) is 6.05. The Morgan fingerprint density at radius 3 is 2.82 bits per heavy atom. The van der Waals surface area contributed by atoms with Crippen molar-refractivity contribution in [3.8, 4) is 11.3 Å². The minimum absolute atomic E-state index is 0.519. The molecule has 114 valence electrons. The molecule has 0 saturated carbocycles. The fraction of sp³-hybridized carbons (Fsp3) is 0.353. The number of benzene rings is 1. The number of hydrogen-bond donors (Lipinski definition) is 0. The van der Waals surface area contributed by atoms with Crippen molar-refractivity contribution < 1.29 is 13.2 Å². The molecule has 2 aliphatic rings. The Kier molecular flexibility index (Phi) is 2.93. The van der Waals surface area contributed by atoms with Gasteiger partial charge in [0, 0.05) is 18.7 Å². The van der Waals surface area contributed by atoms with Crippen LogP contribution < -0.4 is 4.90 Å². The number of pyridine rings is 1. The highest BCUT2D eigenvalue weighted by Crippen LogP contribution is 2.37. The summed E-state index contributed by atoms with van der Waals surface area (Å²) in [6, 6.07) is 9.21. The van der Waals surface area contributed by atoms with Crippen LogP contribution in [0.2, 0.25) is 0 Å². The molecule has 2 nitrogen and oxygen atoms in total. The molecule has 5 heteroatoms. The van der Waals surface area contributed by atoms with E-state index >= 15 is 0 Å². The average molecular weight is 304 g/mol. The van der Waals surface area contributed by atoms with Gasteiger partial charge in [0.15, 0.2) is 0 Å². The van der Waals surface area contributed by atoms with Crippen LogP contribution in [0.15, 0.2) is 36.4 Å². The van der Waals surface area contributed by atoms with E-state index in [-0.39, 0.29) is 0 Å². The molecule has 3 heterocycles. The van der Waals surface area contributed by atoms with Crippen molar-refractivity contribution in [1.82, 2.24) is 4.98 Å². The molecule has 1 fully saturated rings. The fourth-order valence-electron chi connectivity index (χ4n) is 3.44. The third-order valence-corrected chi connectivity index (χ3v) is 4.54. The van der Waals surface area contributed by atoms with E-state index in [9.17, 15) is 13.2 Å². The fourth-order valence-corrected chi connectivity index (χ4v) is 3.44. The Labute approximate surface area is 126 Å². The van der Waals surface area contributed by atoms with Crippen molar-refractivity contribution in [2.45, 2.75) is 19.0 Å². The number of anilines is 1. The topological polar surface area (TPSA) is 16.1 Å². The van der Waals surface area contributed by atoms with Gasteiger partial charge >= 0.3 is 6.18 Å². The lowest BCUT2D eigenvalue weighted by molar-refractivity contribution is -0.137. The second-order valence-electron chi connectivity index (χ2n) is 6.05. The summed E-state index contributed by atoms with van der Waals surface area (Å²) in [6.07, 6.45) is -2.22. The van der Waals surface area contributed by atoms with Crippen LogP contribution in [0.1, 0.15) is 17.7 Å². The summed E-state index contributed by atoms with van der Waals surface area (Å²) in [5.41, 5.74) is 2.67. The van der Waals surface area contributed by atoms with Crippen LogP contribution in [0, 0.1) is 5.92 Å². The summed E-state index contributed by atoms with van der Waals surface area (Å²) in [7, 11) is 0. The third-order valence-electron chi connectivity index (χ3n) is 4.54. The van der Waals surface area contributed by atoms with Gasteiger partial charge in [0.2, 0.25) is 0 Å². The Morgan fingerprint density at radius 1 is 1.14 bits per heavy atom. The van der Waals surface area contributed by atoms with Crippen molar-refractivity contribution in [3.05, 3.63) is 47.7 Å². The maximum absolute atomic E-state index is 12.8. The Hall–Kier alpha value is -2.04. The van der Waals surface area contributed by atoms with Crippen LogP contribution in [0.25, 0.3) is 11.3 Å². The van der Waals surface area contributed by atoms with E-state index < -0.39 is 11.7 Å². The van der Waals surface area contributed by atoms with Crippen molar-refractivity contribution in [3.63, 3.8) is 0 Å². The van der Waals surface area contributed by atoms with Crippen molar-refractivity contribution in [2.24, 2.45) is 5.92 Å². The predicted molar refractivity (Wildman–Crippen MR) is 78.7 cm³/mol. The van der Waals surface area contributed by atoms with Gasteiger partial charge in [0.25, 0.3) is 0 Å². The van der Waals surface area contributed by atoms with Crippen molar-refractivity contribution in [1.29, 1.82) is 0 Å². The summed E-state index contributed by atoms with van der Waals surface area (Å²) < 4.78 is 38.5. The molecule has 1 aromatic heterocycles. The molecular weight excluding hydrogens is 289 g/mol. The maximum Gasteiger partial charge on any atom is 0.416 e. The van der Waals surface area contributed by atoms with E-state index in [1.165, 1.54) is 18.6 Å². The normalized spacial score (nSPS) is 20.1. The van der Waals surface area contributed by atoms with E-state index in [1.807, 2.05) is 12.1 Å². The zero-order chi connectivity index (χ0) is 15.3. The monoisotopic (exact) mass is 304 g/mol. The van der Waals surface area contributed by atoms with Crippen molar-refractivity contribution >= 4 is 5.69 Å². The van der Waals surface area contributed by atoms with E-state index in [4.69, 9.17) is 0 Å². The molecule has 0 unspecified atom stereocenters. The van der Waals surface area contributed by atoms with Gasteiger partial charge in [-0.1, -0.05) is 12.1 Å². The molecule has 1 atom stereocenters. The van der Waals surface area contributed by atoms with Gasteiger partial charge in [-0.2, -0.15) is 13.2 Å². The molecular formula is C17H15F3N2. The van der Waals surface area contributed by atoms with E-state index in [0.717, 1.165) is 37.0 Å². The summed E-state index contributed by atoms with van der Waals surface area (Å²) in [5, 5.41) is 0. The molecule has 1 saturated heterocycles. The van der Waals surface area contributed by atoms with Gasteiger partial charge in [0.1, 0.15) is 0 Å². The minimum atomic E-state index is -4.32. The number of rotatable bonds is 1. The molecule has 0 N–H and O–H groups in total. The Balaban J connectivity index is 1.74. The number of aromatic nitrogens is 1. The molecule has 2 aliphatic heterocycles. The minimum Gasteiger partial charge on any atom is -0.370 e. The van der Waals surface area contributed by atoms with Crippen LogP contribution in [0.3, 0.4) is 0 Å². The first-order valence-electron chi connectivity index (χ1n) is 7.43. The second kappa shape index (κ2) is 4.73. The molecule has 0 spiro atoms. The number of hydrogen-bond acceptors (Lipinski definition) is 2. The first-order chi connectivity index (χ1) is 10.5. The predicted octanol–water partition coefficient (Wildman–Crippen LogP) is 4.15. The third kappa shape index (κ3) is 2.25. The van der Waals surface area contributed by atoms with Crippen LogP contribution in [0.4, 0.5) is 18.9 Å². The summed E-state index contributed by atoms with van der Waals surface area (Å²) in [6.45, 7) is 2.14. The van der Waals surface area contributed by atoms with E-state index in [0.29, 0.717) is 17.2 Å². The van der Waals surface area contributed by atoms with Gasteiger partial charge in [0.05, 0.1) is 22.6 Å². The van der Waals surface area contributed by atoms with E-state index in [1.54, 1.807) is 6.07 Å². The highest BCUT2D eigenvalue weighted by Gasteiger charge is 2.32. The number of nitrogens with zero attached hydrogens (tertiary/aromatic N) is 2. The van der Waals surface area contributed by atoms with Gasteiger partial charge in [-0.05, 0) is 43.0 Å². The molecule has 0 radical (unpaired) electrons. The molecule has 4 rings (SSSR count). The summed E-state index contributed by atoms with van der Waals surface area (Å²) in [4.78, 5) is 6.96. The quantitative estimate of drug-likeness (QED) is 0.787. The van der Waals surface area contributed by atoms with Gasteiger partial charge < -0.3 is 4.90 Å². The van der Waals surface area contributed by atoms with Gasteiger partial charge in [-0.25, -0.2) is 0 Å². The zero-order valence-electron chi connectivity index (χ0n) is 11.9. The maximum atomic E-state index is 12.8. The number of fused-ring (bicyclic) bond motifs is 4. The standard InChI is InChI=1S/C17H15F3N2/c18-17(19,20)13-3-1-2-12(9-13)14-4-5-16-15(21-14)8-11-6-7-22(16)10-11/h1-5,9,11H,6-8,10H2/t11-/m1/s1. The van der Waals surface area contributed by atoms with Crippen molar-refractivity contribution in [2.75, 3.05) is 18.0 Å². The molecule has 2 bridgehead atoms. The lowest BCUT2D eigenvalue weighted by atomic mass is 9.98. The number of halogens is 3. The highest BCUT2D eigenvalue weighted by atomic mass is 19.4. The van der Waals surface area contributed by atoms with Crippen LogP contribution >= 0.6 is 0 Å². The molecule has 0 amide bonds. The summed E-state index contributed by atoms with van der Waals surface area (Å²) >= 11 is 0. The largest absolute Gasteiger partial charge is 0.416 e. The van der Waals surface area contributed by atoms with E-state index in [2.05, 4.69) is 9.88 Å². The summed E-state index contributed by atoms with van der Waals surface area (Å²) in [5.74, 6) is 0.636. The average Bonchev–Trinajstić information content (AvgIpc) is 2.88.